The van der Waals surface area contributed by atoms with Crippen molar-refractivity contribution in [3.05, 3.63) is 0 Å². The van der Waals surface area contributed by atoms with Gasteiger partial charge in [-0.1, -0.05) is 6.92 Å². The van der Waals surface area contributed by atoms with Crippen molar-refractivity contribution >= 4 is 5.97 Å². The number of aliphatic hydroxyl groups excluding tert-OH is 5. The van der Waals surface area contributed by atoms with Crippen molar-refractivity contribution in [2.24, 2.45) is 0 Å². The van der Waals surface area contributed by atoms with Crippen LogP contribution in [0.3, 0.4) is 0 Å². The largest absolute Gasteiger partial charge is 1.00 e. The Labute approximate surface area is 126 Å². The SMILES string of the molecule is CCC(O)(C(=O)[O-])[C@H](O)[C@@H](O)[C@H](O)[C@H](O)CO.[Na+]. The molecule has 0 amide bonds. The van der Waals surface area contributed by atoms with E-state index in [1.807, 2.05) is 0 Å². The summed E-state index contributed by atoms with van der Waals surface area (Å²) in [5.41, 5.74) is -2.75. The van der Waals surface area contributed by atoms with Crippen molar-refractivity contribution in [2.45, 2.75) is 43.4 Å². The molecule has 0 saturated carbocycles. The summed E-state index contributed by atoms with van der Waals surface area (Å²) in [7, 11) is 0. The zero-order valence-corrected chi connectivity index (χ0v) is 12.2. The van der Waals surface area contributed by atoms with E-state index in [0.717, 1.165) is 0 Å². The minimum Gasteiger partial charge on any atom is -0.547 e. The molecule has 102 valence electrons. The first kappa shape index (κ1) is 20.5. The molecule has 0 spiro atoms. The van der Waals surface area contributed by atoms with E-state index < -0.39 is 49.0 Å². The summed E-state index contributed by atoms with van der Waals surface area (Å²) in [6.45, 7) is 0.321. The number of hydrogen-bond acceptors (Lipinski definition) is 8. The summed E-state index contributed by atoms with van der Waals surface area (Å²) in [6.07, 6.45) is -8.68. The van der Waals surface area contributed by atoms with Gasteiger partial charge < -0.3 is 40.5 Å². The number of carbonyl (C=O) groups is 1. The van der Waals surface area contributed by atoms with Crippen LogP contribution in [0.4, 0.5) is 0 Å². The second kappa shape index (κ2) is 8.41. The molecule has 5 atom stereocenters. The first-order valence-electron chi connectivity index (χ1n) is 4.99. The second-order valence-corrected chi connectivity index (χ2v) is 3.74. The molecule has 1 unspecified atom stereocenters. The Balaban J connectivity index is 0. The summed E-state index contributed by atoms with van der Waals surface area (Å²) >= 11 is 0. The van der Waals surface area contributed by atoms with Crippen LogP contribution in [-0.2, 0) is 4.79 Å². The number of aliphatic hydroxyl groups is 6. The third-order valence-corrected chi connectivity index (χ3v) is 2.64. The van der Waals surface area contributed by atoms with Gasteiger partial charge in [-0.2, -0.15) is 0 Å². The van der Waals surface area contributed by atoms with Gasteiger partial charge in [-0.3, -0.25) is 0 Å². The average Bonchev–Trinajstić information content (AvgIpc) is 2.33. The molecule has 0 aromatic heterocycles. The van der Waals surface area contributed by atoms with Gasteiger partial charge in [0, 0.05) is 0 Å². The number of carboxylic acid groups (broad SMARTS) is 1. The maximum absolute atomic E-state index is 10.6. The van der Waals surface area contributed by atoms with Crippen LogP contribution in [0.15, 0.2) is 0 Å². The molecule has 0 bridgehead atoms. The molecular weight excluding hydrogens is 259 g/mol. The van der Waals surface area contributed by atoms with Gasteiger partial charge in [0.1, 0.15) is 30.0 Å². The molecule has 0 aliphatic heterocycles. The van der Waals surface area contributed by atoms with Gasteiger partial charge in [0.2, 0.25) is 0 Å². The number of hydrogen-bond donors (Lipinski definition) is 6. The molecule has 9 heteroatoms. The van der Waals surface area contributed by atoms with Crippen molar-refractivity contribution in [1.29, 1.82) is 0 Å². The molecule has 0 aliphatic carbocycles. The van der Waals surface area contributed by atoms with E-state index in [-0.39, 0.29) is 29.6 Å². The molecule has 0 aromatic rings. The molecule has 6 N–H and O–H groups in total. The standard InChI is InChI=1S/C9H18O8.Na/c1-2-9(17,8(15)16)7(14)6(13)5(12)4(11)3-10;/h4-7,10-14,17H,2-3H2,1H3,(H,15,16);/q;+1/p-1/t4-,5-,6+,7-,9?;/m1./s1. The van der Waals surface area contributed by atoms with Crippen molar-refractivity contribution in [1.82, 2.24) is 0 Å². The van der Waals surface area contributed by atoms with E-state index in [4.69, 9.17) is 10.2 Å². The predicted octanol–water partition coefficient (Wildman–Crippen LogP) is -7.68. The fourth-order valence-corrected chi connectivity index (χ4v) is 1.28. The Morgan fingerprint density at radius 2 is 1.67 bits per heavy atom. The van der Waals surface area contributed by atoms with E-state index in [9.17, 15) is 30.3 Å². The number of aliphatic carboxylic acids is 1. The summed E-state index contributed by atoms with van der Waals surface area (Å²) in [5, 5.41) is 65.7. The maximum atomic E-state index is 10.6. The van der Waals surface area contributed by atoms with Crippen LogP contribution in [-0.4, -0.2) is 73.2 Å². The number of carboxylic acids is 1. The zero-order valence-electron chi connectivity index (χ0n) is 10.2. The minimum atomic E-state index is -2.75. The second-order valence-electron chi connectivity index (χ2n) is 3.74. The van der Waals surface area contributed by atoms with Crippen LogP contribution >= 0.6 is 0 Å². The molecule has 0 aliphatic rings. The average molecular weight is 276 g/mol. The van der Waals surface area contributed by atoms with E-state index >= 15 is 0 Å². The molecule has 8 nitrogen and oxygen atoms in total. The van der Waals surface area contributed by atoms with Gasteiger partial charge >= 0.3 is 29.6 Å². The fourth-order valence-electron chi connectivity index (χ4n) is 1.28. The third kappa shape index (κ3) is 4.41. The van der Waals surface area contributed by atoms with Gasteiger partial charge in [-0.15, -0.1) is 0 Å². The molecule has 0 aromatic carbocycles. The summed E-state index contributed by atoms with van der Waals surface area (Å²) in [6, 6.07) is 0. The predicted molar refractivity (Wildman–Crippen MR) is 51.4 cm³/mol. The zero-order chi connectivity index (χ0) is 13.8. The summed E-state index contributed by atoms with van der Waals surface area (Å²) < 4.78 is 0. The van der Waals surface area contributed by atoms with Crippen LogP contribution in [0.2, 0.25) is 0 Å². The third-order valence-electron chi connectivity index (χ3n) is 2.64. The van der Waals surface area contributed by atoms with Crippen molar-refractivity contribution in [2.75, 3.05) is 6.61 Å². The molecule has 0 fully saturated rings. The Morgan fingerprint density at radius 3 is 1.94 bits per heavy atom. The summed E-state index contributed by atoms with van der Waals surface area (Å²) in [5.74, 6) is -2.02. The molecule has 0 saturated heterocycles. The quantitative estimate of drug-likeness (QED) is 0.250. The van der Waals surface area contributed by atoms with Crippen LogP contribution in [0.25, 0.3) is 0 Å². The van der Waals surface area contributed by atoms with E-state index in [0.29, 0.717) is 0 Å². The Bertz CT molecular complexity index is 263. The van der Waals surface area contributed by atoms with Gasteiger partial charge in [-0.25, -0.2) is 0 Å². The van der Waals surface area contributed by atoms with E-state index in [2.05, 4.69) is 0 Å². The van der Waals surface area contributed by atoms with Crippen molar-refractivity contribution in [3.63, 3.8) is 0 Å². The first-order valence-corrected chi connectivity index (χ1v) is 4.99. The number of carbonyl (C=O) groups excluding carboxylic acids is 1. The van der Waals surface area contributed by atoms with E-state index in [1.54, 1.807) is 0 Å². The molecular formula is C9H17NaO8. The normalized spacial score (nSPS) is 21.1. The summed E-state index contributed by atoms with van der Waals surface area (Å²) in [4.78, 5) is 10.6. The van der Waals surface area contributed by atoms with Gasteiger partial charge in [0.15, 0.2) is 0 Å². The van der Waals surface area contributed by atoms with Crippen molar-refractivity contribution < 1.29 is 70.1 Å². The van der Waals surface area contributed by atoms with E-state index in [1.165, 1.54) is 6.92 Å². The van der Waals surface area contributed by atoms with Crippen LogP contribution in [0.1, 0.15) is 13.3 Å². The molecule has 18 heavy (non-hydrogen) atoms. The van der Waals surface area contributed by atoms with Gasteiger partial charge in [-0.05, 0) is 6.42 Å². The van der Waals surface area contributed by atoms with Gasteiger partial charge in [0.05, 0.1) is 12.6 Å². The van der Waals surface area contributed by atoms with Crippen LogP contribution < -0.4 is 34.7 Å². The van der Waals surface area contributed by atoms with Crippen molar-refractivity contribution in [3.8, 4) is 0 Å². The maximum Gasteiger partial charge on any atom is 1.00 e. The van der Waals surface area contributed by atoms with Gasteiger partial charge in [0.25, 0.3) is 0 Å². The van der Waals surface area contributed by atoms with Crippen LogP contribution in [0, 0.1) is 0 Å². The molecule has 0 rings (SSSR count). The Morgan fingerprint density at radius 1 is 1.22 bits per heavy atom. The first-order chi connectivity index (χ1) is 7.72. The Hall–Kier alpha value is 0.230. The smallest absolute Gasteiger partial charge is 0.547 e. The topological polar surface area (TPSA) is 162 Å². The minimum absolute atomic E-state index is 0. The number of rotatable bonds is 7. The molecule has 0 radical (unpaired) electrons. The van der Waals surface area contributed by atoms with Crippen LogP contribution in [0.5, 0.6) is 0 Å². The Kier molecular flexibility index (Phi) is 9.60. The molecule has 0 heterocycles. The fraction of sp³-hybridized carbons (Fsp3) is 0.889. The monoisotopic (exact) mass is 276 g/mol.